The van der Waals surface area contributed by atoms with Crippen molar-refractivity contribution in [3.8, 4) is 16.2 Å². The molecule has 3 aromatic heterocycles. The van der Waals surface area contributed by atoms with Crippen molar-refractivity contribution in [2.45, 2.75) is 58.2 Å². The van der Waals surface area contributed by atoms with Crippen molar-refractivity contribution < 1.29 is 31.8 Å². The molecule has 2 N–H and O–H groups in total. The van der Waals surface area contributed by atoms with Crippen molar-refractivity contribution in [3.05, 3.63) is 82.6 Å². The molecule has 0 bridgehead atoms. The van der Waals surface area contributed by atoms with Gasteiger partial charge in [0.15, 0.2) is 0 Å². The van der Waals surface area contributed by atoms with Crippen LogP contribution in [0.1, 0.15) is 30.7 Å². The molecule has 9 nitrogen and oxygen atoms in total. The number of aryl methyl sites for hydroxylation is 2. The Morgan fingerprint density at radius 3 is 2.72 bits per heavy atom. The molecular formula is C32H29ClF4N6O3S. The molecule has 0 unspecified atom stereocenters. The molecule has 2 aromatic carbocycles. The summed E-state index contributed by atoms with van der Waals surface area (Å²) in [6, 6.07) is 11.4. The fourth-order valence-corrected chi connectivity index (χ4v) is 6.73. The number of benzene rings is 2. The number of hydrogen-bond acceptors (Lipinski definition) is 9. The fourth-order valence-electron chi connectivity index (χ4n) is 5.27. The van der Waals surface area contributed by atoms with Gasteiger partial charge in [0.1, 0.15) is 41.3 Å². The number of fused-ring (bicyclic) bond motifs is 5. The standard InChI is InChI=1S/C32H29ClF4N6O3S/c1-17(2)38-12-21(46-31(44)32(35,36)37)13-43-14-23-25(42-43)8-7-22-27-29(39-16-40-30(27)47-28(22)23)41-20-6-9-26(24(33)11-20)45-15-18-4-3-5-19(34)10-18/h3-6,9-11,14,16-17,21,38H,7-8,12-13,15H2,1-2H3,(H,39,40,41)/t21-/m1/s1. The molecule has 0 spiro atoms. The Morgan fingerprint density at radius 2 is 1.98 bits per heavy atom. The van der Waals surface area contributed by atoms with Gasteiger partial charge in [-0.15, -0.1) is 11.3 Å². The highest BCUT2D eigenvalue weighted by molar-refractivity contribution is 7.22. The first-order chi connectivity index (χ1) is 22.4. The lowest BCUT2D eigenvalue weighted by Gasteiger charge is -2.20. The van der Waals surface area contributed by atoms with E-state index in [0.717, 1.165) is 31.9 Å². The third kappa shape index (κ3) is 7.50. The van der Waals surface area contributed by atoms with E-state index in [2.05, 4.69) is 25.7 Å². The van der Waals surface area contributed by atoms with E-state index in [9.17, 15) is 22.4 Å². The zero-order valence-corrected chi connectivity index (χ0v) is 26.8. The van der Waals surface area contributed by atoms with Gasteiger partial charge in [-0.2, -0.15) is 18.3 Å². The first-order valence-corrected chi connectivity index (χ1v) is 15.9. The summed E-state index contributed by atoms with van der Waals surface area (Å²) in [4.78, 5) is 22.3. The molecule has 6 rings (SSSR count). The monoisotopic (exact) mass is 688 g/mol. The number of thiophene rings is 1. The minimum absolute atomic E-state index is 0.0213. The van der Waals surface area contributed by atoms with Gasteiger partial charge in [-0.05, 0) is 54.3 Å². The summed E-state index contributed by atoms with van der Waals surface area (Å²) in [5.41, 5.74) is 4.02. The lowest BCUT2D eigenvalue weighted by atomic mass is 9.95. The van der Waals surface area contributed by atoms with Gasteiger partial charge in [0, 0.05) is 34.9 Å². The maximum Gasteiger partial charge on any atom is 0.490 e. The Bertz CT molecular complexity index is 1930. The number of ether oxygens (including phenoxy) is 2. The number of esters is 1. The average Bonchev–Trinajstić information content (AvgIpc) is 3.60. The zero-order valence-electron chi connectivity index (χ0n) is 25.2. The van der Waals surface area contributed by atoms with Crippen LogP contribution in [0.4, 0.5) is 29.1 Å². The van der Waals surface area contributed by atoms with Crippen LogP contribution in [-0.2, 0) is 35.5 Å². The van der Waals surface area contributed by atoms with Crippen LogP contribution >= 0.6 is 22.9 Å². The maximum atomic E-state index is 13.5. The smallest absolute Gasteiger partial charge is 0.487 e. The molecule has 0 radical (unpaired) electrons. The van der Waals surface area contributed by atoms with Crippen LogP contribution in [0.5, 0.6) is 5.75 Å². The van der Waals surface area contributed by atoms with Gasteiger partial charge in [0.05, 0.1) is 22.6 Å². The van der Waals surface area contributed by atoms with Gasteiger partial charge in [0.25, 0.3) is 0 Å². The van der Waals surface area contributed by atoms with Gasteiger partial charge in [-0.3, -0.25) is 4.68 Å². The summed E-state index contributed by atoms with van der Waals surface area (Å²) in [5, 5.41) is 12.2. The Kier molecular flexibility index (Phi) is 9.35. The number of nitrogens with one attached hydrogen (secondary N) is 2. The van der Waals surface area contributed by atoms with Crippen molar-refractivity contribution in [2.24, 2.45) is 0 Å². The molecule has 1 aliphatic rings. The van der Waals surface area contributed by atoms with Crippen molar-refractivity contribution in [2.75, 3.05) is 11.9 Å². The summed E-state index contributed by atoms with van der Waals surface area (Å²) in [7, 11) is 0. The Morgan fingerprint density at radius 1 is 1.15 bits per heavy atom. The normalized spacial score (nSPS) is 13.4. The minimum atomic E-state index is -5.09. The predicted octanol–water partition coefficient (Wildman–Crippen LogP) is 7.24. The maximum absolute atomic E-state index is 13.5. The highest BCUT2D eigenvalue weighted by atomic mass is 35.5. The number of rotatable bonds is 11. The predicted molar refractivity (Wildman–Crippen MR) is 171 cm³/mol. The molecule has 0 amide bonds. The lowest BCUT2D eigenvalue weighted by Crippen LogP contribution is -2.40. The van der Waals surface area contributed by atoms with Gasteiger partial charge in [-0.1, -0.05) is 37.6 Å². The summed E-state index contributed by atoms with van der Waals surface area (Å²) in [6.45, 7) is 3.83. The number of aromatic nitrogens is 4. The van der Waals surface area contributed by atoms with Crippen molar-refractivity contribution in [1.29, 1.82) is 0 Å². The van der Waals surface area contributed by atoms with Crippen LogP contribution in [0.15, 0.2) is 55.0 Å². The quantitative estimate of drug-likeness (QED) is 0.111. The summed E-state index contributed by atoms with van der Waals surface area (Å²) in [5.74, 6) is -1.54. The van der Waals surface area contributed by atoms with Gasteiger partial charge in [-0.25, -0.2) is 19.2 Å². The lowest BCUT2D eigenvalue weighted by molar-refractivity contribution is -0.205. The van der Waals surface area contributed by atoms with Crippen LogP contribution in [0, 0.1) is 5.82 Å². The molecule has 0 fully saturated rings. The fraction of sp³-hybridized carbons (Fsp3) is 0.312. The molecule has 0 saturated carbocycles. The molecule has 246 valence electrons. The number of carbonyl (C=O) groups is 1. The van der Waals surface area contributed by atoms with Crippen LogP contribution in [0.25, 0.3) is 20.7 Å². The molecule has 5 aromatic rings. The van der Waals surface area contributed by atoms with Crippen molar-refractivity contribution in [3.63, 3.8) is 0 Å². The minimum Gasteiger partial charge on any atom is -0.487 e. The highest BCUT2D eigenvalue weighted by Gasteiger charge is 2.42. The summed E-state index contributed by atoms with van der Waals surface area (Å²) < 4.78 is 64.5. The first kappa shape index (κ1) is 32.7. The number of carbonyl (C=O) groups excluding carboxylic acids is 1. The van der Waals surface area contributed by atoms with E-state index < -0.39 is 18.2 Å². The van der Waals surface area contributed by atoms with Crippen molar-refractivity contribution >= 4 is 50.6 Å². The van der Waals surface area contributed by atoms with E-state index in [-0.39, 0.29) is 31.6 Å². The van der Waals surface area contributed by atoms with E-state index in [1.165, 1.54) is 34.5 Å². The summed E-state index contributed by atoms with van der Waals surface area (Å²) >= 11 is 7.99. The molecule has 15 heteroatoms. The second-order valence-corrected chi connectivity index (χ2v) is 12.7. The second-order valence-electron chi connectivity index (χ2n) is 11.3. The molecule has 3 heterocycles. The zero-order chi connectivity index (χ0) is 33.3. The molecule has 47 heavy (non-hydrogen) atoms. The molecule has 1 aliphatic carbocycles. The summed E-state index contributed by atoms with van der Waals surface area (Å²) in [6.07, 6.45) is -1.69. The van der Waals surface area contributed by atoms with Gasteiger partial charge >= 0.3 is 12.1 Å². The van der Waals surface area contributed by atoms with E-state index in [0.29, 0.717) is 40.7 Å². The third-order valence-electron chi connectivity index (χ3n) is 7.41. The molecule has 1 atom stereocenters. The van der Waals surface area contributed by atoms with E-state index in [1.807, 2.05) is 13.8 Å². The molecule has 0 saturated heterocycles. The Labute approximate surface area is 275 Å². The highest BCUT2D eigenvalue weighted by Crippen LogP contribution is 2.45. The number of anilines is 2. The average molecular weight is 689 g/mol. The Hall–Kier alpha value is -4.27. The second kappa shape index (κ2) is 13.5. The number of nitrogens with zero attached hydrogens (tertiary/aromatic N) is 4. The first-order valence-electron chi connectivity index (χ1n) is 14.7. The van der Waals surface area contributed by atoms with E-state index in [4.69, 9.17) is 21.1 Å². The van der Waals surface area contributed by atoms with Crippen LogP contribution in [-0.4, -0.2) is 50.6 Å². The van der Waals surface area contributed by atoms with E-state index >= 15 is 0 Å². The number of hydrogen-bond donors (Lipinski definition) is 2. The van der Waals surface area contributed by atoms with E-state index in [1.54, 1.807) is 36.5 Å². The van der Waals surface area contributed by atoms with Gasteiger partial charge < -0.3 is 20.1 Å². The van der Waals surface area contributed by atoms with Crippen LogP contribution in [0.2, 0.25) is 5.02 Å². The van der Waals surface area contributed by atoms with Crippen molar-refractivity contribution in [1.82, 2.24) is 25.1 Å². The van der Waals surface area contributed by atoms with Crippen LogP contribution < -0.4 is 15.4 Å². The number of alkyl halides is 3. The Balaban J connectivity index is 1.22. The topological polar surface area (TPSA) is 103 Å². The number of halogens is 5. The molecule has 0 aliphatic heterocycles. The third-order valence-corrected chi connectivity index (χ3v) is 8.88. The SMILES string of the molecule is CC(C)NC[C@H](Cn1cc2c(n1)CCc1c-2sc2ncnc(Nc3ccc(OCc4cccc(F)c4)c(Cl)c3)c12)OC(=O)C(F)(F)F. The van der Waals surface area contributed by atoms with Crippen LogP contribution in [0.3, 0.4) is 0 Å². The molecular weight excluding hydrogens is 660 g/mol. The van der Waals surface area contributed by atoms with Gasteiger partial charge in [0.2, 0.25) is 0 Å². The largest absolute Gasteiger partial charge is 0.490 e.